The van der Waals surface area contributed by atoms with Crippen molar-refractivity contribution in [2.45, 2.75) is 57.9 Å². The molecule has 102 valence electrons. The number of rotatable bonds is 3. The topological polar surface area (TPSA) is 29.9 Å². The minimum atomic E-state index is 0.220. The fourth-order valence-electron chi connectivity index (χ4n) is 2.83. The maximum Gasteiger partial charge on any atom is 0.0766 e. The Hall–Kier alpha value is -0.350. The van der Waals surface area contributed by atoms with E-state index in [-0.39, 0.29) is 5.54 Å². The normalized spacial score (nSPS) is 25.1. The molecule has 4 heteroatoms. The summed E-state index contributed by atoms with van der Waals surface area (Å²) in [5.74, 6) is 0. The van der Waals surface area contributed by atoms with Gasteiger partial charge in [-0.3, -0.25) is 4.68 Å². The van der Waals surface area contributed by atoms with E-state index in [1.165, 1.54) is 41.5 Å². The molecule has 0 saturated carbocycles. The first-order valence-electron chi connectivity index (χ1n) is 7.01. The molecule has 0 radical (unpaired) electrons. The van der Waals surface area contributed by atoms with Gasteiger partial charge in [-0.05, 0) is 48.7 Å². The lowest BCUT2D eigenvalue weighted by atomic mass is 9.90. The van der Waals surface area contributed by atoms with Gasteiger partial charge in [-0.2, -0.15) is 5.10 Å². The standard InChI is InChI=1S/C14H24BrN3/c1-4-11-13(15)12(18(3)17-11)10-14(2)8-6-5-7-9-16-14/h16H,4-10H2,1-3H3. The summed E-state index contributed by atoms with van der Waals surface area (Å²) in [6.45, 7) is 5.65. The van der Waals surface area contributed by atoms with E-state index in [2.05, 4.69) is 47.2 Å². The number of nitrogens with zero attached hydrogens (tertiary/aromatic N) is 2. The first kappa shape index (κ1) is 14.1. The predicted octanol–water partition coefficient (Wildman–Crippen LogP) is 3.21. The molecule has 1 N–H and O–H groups in total. The Morgan fingerprint density at radius 1 is 1.39 bits per heavy atom. The number of hydrogen-bond acceptors (Lipinski definition) is 2. The smallest absolute Gasteiger partial charge is 0.0766 e. The minimum Gasteiger partial charge on any atom is -0.311 e. The molecule has 1 saturated heterocycles. The second-order valence-corrected chi connectivity index (χ2v) is 6.45. The summed E-state index contributed by atoms with van der Waals surface area (Å²) in [4.78, 5) is 0. The average molecular weight is 314 g/mol. The van der Waals surface area contributed by atoms with Crippen LogP contribution in [0.5, 0.6) is 0 Å². The molecule has 0 amide bonds. The van der Waals surface area contributed by atoms with E-state index in [0.717, 1.165) is 19.4 Å². The summed E-state index contributed by atoms with van der Waals surface area (Å²) in [5.41, 5.74) is 2.71. The van der Waals surface area contributed by atoms with Crippen molar-refractivity contribution in [3.63, 3.8) is 0 Å². The van der Waals surface area contributed by atoms with Crippen molar-refractivity contribution in [1.82, 2.24) is 15.1 Å². The zero-order valence-electron chi connectivity index (χ0n) is 11.7. The van der Waals surface area contributed by atoms with Crippen LogP contribution in [0.15, 0.2) is 4.47 Å². The Morgan fingerprint density at radius 3 is 2.83 bits per heavy atom. The Bertz CT molecular complexity index is 403. The summed E-state index contributed by atoms with van der Waals surface area (Å²) in [6.07, 6.45) is 7.29. The van der Waals surface area contributed by atoms with Crippen LogP contribution in [0.3, 0.4) is 0 Å². The van der Waals surface area contributed by atoms with Gasteiger partial charge < -0.3 is 5.32 Å². The molecule has 0 spiro atoms. The average Bonchev–Trinajstić information content (AvgIpc) is 2.54. The highest BCUT2D eigenvalue weighted by atomic mass is 79.9. The molecule has 1 unspecified atom stereocenters. The lowest BCUT2D eigenvalue weighted by Crippen LogP contribution is -2.44. The van der Waals surface area contributed by atoms with Crippen molar-refractivity contribution in [1.29, 1.82) is 0 Å². The van der Waals surface area contributed by atoms with Crippen LogP contribution in [0, 0.1) is 0 Å². The van der Waals surface area contributed by atoms with Gasteiger partial charge >= 0.3 is 0 Å². The number of hydrogen-bond donors (Lipinski definition) is 1. The van der Waals surface area contributed by atoms with Gasteiger partial charge in [0.15, 0.2) is 0 Å². The Kier molecular flexibility index (Phi) is 4.49. The number of nitrogens with one attached hydrogen (secondary N) is 1. The van der Waals surface area contributed by atoms with Crippen molar-refractivity contribution in [2.75, 3.05) is 6.54 Å². The minimum absolute atomic E-state index is 0.220. The van der Waals surface area contributed by atoms with Gasteiger partial charge in [0, 0.05) is 19.0 Å². The second kappa shape index (κ2) is 5.74. The zero-order valence-corrected chi connectivity index (χ0v) is 13.3. The van der Waals surface area contributed by atoms with E-state index in [1.807, 2.05) is 4.68 Å². The molecule has 1 aliphatic heterocycles. The monoisotopic (exact) mass is 313 g/mol. The van der Waals surface area contributed by atoms with Crippen LogP contribution in [0.2, 0.25) is 0 Å². The van der Waals surface area contributed by atoms with Gasteiger partial charge in [0.2, 0.25) is 0 Å². The molecule has 3 nitrogen and oxygen atoms in total. The Labute approximate surface area is 118 Å². The van der Waals surface area contributed by atoms with E-state index >= 15 is 0 Å². The molecule has 18 heavy (non-hydrogen) atoms. The summed E-state index contributed by atoms with van der Waals surface area (Å²) in [7, 11) is 2.05. The quantitative estimate of drug-likeness (QED) is 0.928. The maximum absolute atomic E-state index is 4.59. The van der Waals surface area contributed by atoms with Crippen LogP contribution in [0.1, 0.15) is 50.9 Å². The second-order valence-electron chi connectivity index (χ2n) is 5.66. The molecule has 0 aliphatic carbocycles. The van der Waals surface area contributed by atoms with Gasteiger partial charge in [0.1, 0.15) is 0 Å². The Morgan fingerprint density at radius 2 is 2.17 bits per heavy atom. The molecule has 2 rings (SSSR count). The number of halogens is 1. The fraction of sp³-hybridized carbons (Fsp3) is 0.786. The Balaban J connectivity index is 2.19. The van der Waals surface area contributed by atoms with Crippen LogP contribution >= 0.6 is 15.9 Å². The van der Waals surface area contributed by atoms with E-state index in [1.54, 1.807) is 0 Å². The van der Waals surface area contributed by atoms with E-state index in [9.17, 15) is 0 Å². The SMILES string of the molecule is CCc1nn(C)c(CC2(C)CCCCCN2)c1Br. The number of aryl methyl sites for hydroxylation is 2. The number of aromatic nitrogens is 2. The summed E-state index contributed by atoms with van der Waals surface area (Å²) in [6, 6.07) is 0. The van der Waals surface area contributed by atoms with Crippen molar-refractivity contribution >= 4 is 15.9 Å². The lowest BCUT2D eigenvalue weighted by molar-refractivity contribution is 0.338. The molecule has 1 aromatic heterocycles. The molecule has 1 aromatic rings. The molecule has 1 fully saturated rings. The van der Waals surface area contributed by atoms with Crippen molar-refractivity contribution < 1.29 is 0 Å². The first-order valence-corrected chi connectivity index (χ1v) is 7.80. The van der Waals surface area contributed by atoms with Gasteiger partial charge in [0.25, 0.3) is 0 Å². The van der Waals surface area contributed by atoms with E-state index < -0.39 is 0 Å². The first-order chi connectivity index (χ1) is 8.56. The largest absolute Gasteiger partial charge is 0.311 e. The van der Waals surface area contributed by atoms with Gasteiger partial charge in [-0.25, -0.2) is 0 Å². The van der Waals surface area contributed by atoms with Crippen LogP contribution in [0.4, 0.5) is 0 Å². The van der Waals surface area contributed by atoms with Crippen molar-refractivity contribution in [2.24, 2.45) is 7.05 Å². The molecular weight excluding hydrogens is 290 g/mol. The highest BCUT2D eigenvalue weighted by Gasteiger charge is 2.28. The highest BCUT2D eigenvalue weighted by molar-refractivity contribution is 9.10. The predicted molar refractivity (Wildman–Crippen MR) is 78.9 cm³/mol. The van der Waals surface area contributed by atoms with Gasteiger partial charge in [0.05, 0.1) is 15.9 Å². The summed E-state index contributed by atoms with van der Waals surface area (Å²) in [5, 5.41) is 8.32. The van der Waals surface area contributed by atoms with Crippen LogP contribution in [-0.4, -0.2) is 21.9 Å². The maximum atomic E-state index is 4.59. The molecular formula is C14H24BrN3. The van der Waals surface area contributed by atoms with Crippen LogP contribution < -0.4 is 5.32 Å². The molecule has 0 aromatic carbocycles. The van der Waals surface area contributed by atoms with Crippen LogP contribution in [-0.2, 0) is 19.9 Å². The van der Waals surface area contributed by atoms with E-state index in [4.69, 9.17) is 0 Å². The third-order valence-corrected chi connectivity index (χ3v) is 4.93. The van der Waals surface area contributed by atoms with Gasteiger partial charge in [-0.15, -0.1) is 0 Å². The zero-order chi connectivity index (χ0) is 13.2. The molecule has 1 atom stereocenters. The fourth-order valence-corrected chi connectivity index (χ4v) is 3.58. The molecule has 1 aliphatic rings. The third kappa shape index (κ3) is 2.97. The molecule has 2 heterocycles. The highest BCUT2D eigenvalue weighted by Crippen LogP contribution is 2.28. The van der Waals surface area contributed by atoms with E-state index in [0.29, 0.717) is 0 Å². The van der Waals surface area contributed by atoms with Crippen LogP contribution in [0.25, 0.3) is 0 Å². The van der Waals surface area contributed by atoms with Crippen molar-refractivity contribution in [3.8, 4) is 0 Å². The lowest BCUT2D eigenvalue weighted by Gasteiger charge is -2.29. The van der Waals surface area contributed by atoms with Gasteiger partial charge in [-0.1, -0.05) is 19.8 Å². The van der Waals surface area contributed by atoms with Crippen molar-refractivity contribution in [3.05, 3.63) is 15.9 Å². The summed E-state index contributed by atoms with van der Waals surface area (Å²) >= 11 is 3.72. The third-order valence-electron chi connectivity index (χ3n) is 4.02. The molecule has 0 bridgehead atoms. The summed E-state index contributed by atoms with van der Waals surface area (Å²) < 4.78 is 3.25.